The minimum atomic E-state index is -3.40. The predicted octanol–water partition coefficient (Wildman–Crippen LogP) is 1.92. The molecule has 8 nitrogen and oxygen atoms in total. The summed E-state index contributed by atoms with van der Waals surface area (Å²) in [7, 11) is 1.40. The molecule has 0 saturated carbocycles. The van der Waals surface area contributed by atoms with Gasteiger partial charge in [0.05, 0.1) is 36.9 Å². The zero-order valence-electron chi connectivity index (χ0n) is 15.4. The molecule has 1 aliphatic rings. The van der Waals surface area contributed by atoms with Crippen molar-refractivity contribution in [3.63, 3.8) is 0 Å². The number of imide groups is 1. The Morgan fingerprint density at radius 3 is 2.45 bits per heavy atom. The molecule has 3 N–H and O–H groups in total. The number of hydrogen-bond acceptors (Lipinski definition) is 7. The van der Waals surface area contributed by atoms with Crippen molar-refractivity contribution in [2.75, 3.05) is 32.5 Å². The van der Waals surface area contributed by atoms with Gasteiger partial charge in [-0.05, 0) is 18.2 Å². The Morgan fingerprint density at radius 2 is 1.86 bits per heavy atom. The van der Waals surface area contributed by atoms with Gasteiger partial charge in [-0.2, -0.15) is 0 Å². The first-order valence-electron chi connectivity index (χ1n) is 8.57. The molecule has 2 aromatic rings. The number of anilines is 1. The van der Waals surface area contributed by atoms with Gasteiger partial charge in [-0.1, -0.05) is 23.7 Å². The van der Waals surface area contributed by atoms with Gasteiger partial charge >= 0.3 is 0 Å². The van der Waals surface area contributed by atoms with Crippen LogP contribution in [0.5, 0.6) is 0 Å². The Bertz CT molecular complexity index is 908. The van der Waals surface area contributed by atoms with Crippen LogP contribution in [0.3, 0.4) is 0 Å². The number of carbonyl (C=O) groups excluding carboxylic acids is 2. The van der Waals surface area contributed by atoms with Crippen LogP contribution in [0.2, 0.25) is 5.15 Å². The van der Waals surface area contributed by atoms with Crippen molar-refractivity contribution in [2.24, 2.45) is 0 Å². The molecule has 1 aromatic carbocycles. The number of methoxy groups -OCH3 is 1. The summed E-state index contributed by atoms with van der Waals surface area (Å²) in [6.45, 7) is -1.89. The topological polar surface area (TPSA) is 110 Å². The minimum Gasteiger partial charge on any atom is -0.383 e. The molecule has 1 aliphatic heterocycles. The summed E-state index contributed by atoms with van der Waals surface area (Å²) >= 11 is 5.99. The van der Waals surface area contributed by atoms with Crippen LogP contribution in [-0.4, -0.2) is 59.6 Å². The molecule has 0 fully saturated rings. The largest absolute Gasteiger partial charge is 0.383 e. The van der Waals surface area contributed by atoms with E-state index in [2.05, 4.69) is 15.5 Å². The van der Waals surface area contributed by atoms with Crippen molar-refractivity contribution in [2.45, 2.75) is 12.0 Å². The Kier molecular flexibility index (Phi) is 6.06. The SMILES string of the molecule is COCC(NCC(F)(F)CN1C(=O)c2ccccc2C1=O)c1cc(N)nnc1Cl. The summed E-state index contributed by atoms with van der Waals surface area (Å²) in [6.07, 6.45) is 0. The Labute approximate surface area is 170 Å². The van der Waals surface area contributed by atoms with Gasteiger partial charge in [-0.25, -0.2) is 8.78 Å². The number of halogens is 3. The first kappa shape index (κ1) is 21.0. The maximum absolute atomic E-state index is 14.6. The average molecular weight is 426 g/mol. The number of hydrogen-bond donors (Lipinski definition) is 2. The Morgan fingerprint density at radius 1 is 1.24 bits per heavy atom. The molecule has 2 amide bonds. The quantitative estimate of drug-likeness (QED) is 0.621. The number of nitrogens with two attached hydrogens (primary N) is 1. The highest BCUT2D eigenvalue weighted by atomic mass is 35.5. The summed E-state index contributed by atoms with van der Waals surface area (Å²) in [5.74, 6) is -4.82. The number of aromatic nitrogens is 2. The third kappa shape index (κ3) is 4.50. The molecule has 0 saturated heterocycles. The predicted molar refractivity (Wildman–Crippen MR) is 101 cm³/mol. The highest BCUT2D eigenvalue weighted by Crippen LogP contribution is 2.27. The first-order chi connectivity index (χ1) is 13.7. The Hall–Kier alpha value is -2.69. The monoisotopic (exact) mass is 425 g/mol. The lowest BCUT2D eigenvalue weighted by Gasteiger charge is -2.26. The number of nitrogen functional groups attached to an aromatic ring is 1. The third-order valence-electron chi connectivity index (χ3n) is 4.38. The van der Waals surface area contributed by atoms with E-state index in [1.165, 1.54) is 25.3 Å². The molecule has 0 spiro atoms. The number of fused-ring (bicyclic) bond motifs is 1. The van der Waals surface area contributed by atoms with Crippen LogP contribution in [0, 0.1) is 0 Å². The molecule has 0 radical (unpaired) electrons. The van der Waals surface area contributed by atoms with Crippen molar-refractivity contribution >= 4 is 29.2 Å². The van der Waals surface area contributed by atoms with E-state index in [1.54, 1.807) is 12.1 Å². The summed E-state index contributed by atoms with van der Waals surface area (Å²) < 4.78 is 34.3. The summed E-state index contributed by atoms with van der Waals surface area (Å²) in [5, 5.41) is 9.89. The normalized spacial score (nSPS) is 15.0. The fraction of sp³-hybridized carbons (Fsp3) is 0.333. The molecular weight excluding hydrogens is 408 g/mol. The van der Waals surface area contributed by atoms with Gasteiger partial charge < -0.3 is 15.8 Å². The van der Waals surface area contributed by atoms with E-state index >= 15 is 0 Å². The molecule has 1 atom stereocenters. The summed E-state index contributed by atoms with van der Waals surface area (Å²) in [5.41, 5.74) is 6.17. The van der Waals surface area contributed by atoms with E-state index in [0.29, 0.717) is 10.5 Å². The lowest BCUT2D eigenvalue weighted by atomic mass is 10.1. The van der Waals surface area contributed by atoms with E-state index < -0.39 is 36.9 Å². The van der Waals surface area contributed by atoms with E-state index in [0.717, 1.165) is 0 Å². The second kappa shape index (κ2) is 8.36. The zero-order chi connectivity index (χ0) is 21.2. The number of carbonyl (C=O) groups is 2. The maximum atomic E-state index is 14.6. The standard InChI is InChI=1S/C18H18ClF2N5O3/c1-29-7-13(12-6-14(22)24-25-15(12)19)23-8-18(20,21)9-26-16(27)10-4-2-3-5-11(10)17(26)28/h2-6,13,23H,7-9H2,1H3,(H2,22,24). The molecule has 3 rings (SSSR count). The molecule has 1 unspecified atom stereocenters. The molecule has 2 heterocycles. The molecule has 1 aromatic heterocycles. The fourth-order valence-electron chi connectivity index (χ4n) is 3.02. The number of amides is 2. The van der Waals surface area contributed by atoms with Gasteiger partial charge in [0, 0.05) is 12.7 Å². The van der Waals surface area contributed by atoms with Gasteiger partial charge in [0.15, 0.2) is 5.15 Å². The molecule has 11 heteroatoms. The second-order valence-corrected chi connectivity index (χ2v) is 6.86. The van der Waals surface area contributed by atoms with Gasteiger partial charge in [0.1, 0.15) is 5.82 Å². The fourth-order valence-corrected chi connectivity index (χ4v) is 3.24. The molecule has 29 heavy (non-hydrogen) atoms. The van der Waals surface area contributed by atoms with Crippen molar-refractivity contribution in [1.82, 2.24) is 20.4 Å². The van der Waals surface area contributed by atoms with Crippen molar-refractivity contribution < 1.29 is 23.1 Å². The van der Waals surface area contributed by atoms with Crippen LogP contribution in [0.4, 0.5) is 14.6 Å². The third-order valence-corrected chi connectivity index (χ3v) is 4.67. The number of ether oxygens (including phenoxy) is 1. The number of nitrogens with zero attached hydrogens (tertiary/aromatic N) is 3. The molecular formula is C18H18ClF2N5O3. The summed E-state index contributed by atoms with van der Waals surface area (Å²) in [6, 6.07) is 6.67. The molecule has 0 aliphatic carbocycles. The first-order valence-corrected chi connectivity index (χ1v) is 8.95. The van der Waals surface area contributed by atoms with Crippen LogP contribution in [0.15, 0.2) is 30.3 Å². The molecule has 0 bridgehead atoms. The Balaban J connectivity index is 1.71. The lowest BCUT2D eigenvalue weighted by molar-refractivity contribution is -0.0247. The highest BCUT2D eigenvalue weighted by molar-refractivity contribution is 6.30. The van der Waals surface area contributed by atoms with Gasteiger partial charge in [0.2, 0.25) is 0 Å². The van der Waals surface area contributed by atoms with Crippen LogP contribution >= 0.6 is 11.6 Å². The number of alkyl halides is 2. The molecule has 154 valence electrons. The number of benzene rings is 1. The maximum Gasteiger partial charge on any atom is 0.278 e. The summed E-state index contributed by atoms with van der Waals surface area (Å²) in [4.78, 5) is 25.2. The number of nitrogens with one attached hydrogen (secondary N) is 1. The second-order valence-electron chi connectivity index (χ2n) is 6.50. The van der Waals surface area contributed by atoms with Crippen LogP contribution in [0.1, 0.15) is 32.3 Å². The highest BCUT2D eigenvalue weighted by Gasteiger charge is 2.42. The smallest absolute Gasteiger partial charge is 0.278 e. The zero-order valence-corrected chi connectivity index (χ0v) is 16.1. The van der Waals surface area contributed by atoms with Gasteiger partial charge in [0.25, 0.3) is 17.7 Å². The van der Waals surface area contributed by atoms with Crippen molar-refractivity contribution in [1.29, 1.82) is 0 Å². The van der Waals surface area contributed by atoms with E-state index in [4.69, 9.17) is 22.1 Å². The van der Waals surface area contributed by atoms with Gasteiger partial charge in [-0.15, -0.1) is 10.2 Å². The number of rotatable bonds is 8. The van der Waals surface area contributed by atoms with E-state index in [1.807, 2.05) is 0 Å². The van der Waals surface area contributed by atoms with Gasteiger partial charge in [-0.3, -0.25) is 14.5 Å². The van der Waals surface area contributed by atoms with Crippen molar-refractivity contribution in [3.8, 4) is 0 Å². The van der Waals surface area contributed by atoms with Crippen LogP contribution < -0.4 is 11.1 Å². The minimum absolute atomic E-state index is 0.00239. The lowest BCUT2D eigenvalue weighted by Crippen LogP contribution is -2.46. The van der Waals surface area contributed by atoms with E-state index in [9.17, 15) is 18.4 Å². The van der Waals surface area contributed by atoms with Crippen LogP contribution in [0.25, 0.3) is 0 Å². The van der Waals surface area contributed by atoms with E-state index in [-0.39, 0.29) is 28.7 Å². The van der Waals surface area contributed by atoms with Crippen molar-refractivity contribution in [3.05, 3.63) is 52.2 Å². The van der Waals surface area contributed by atoms with Crippen LogP contribution in [-0.2, 0) is 4.74 Å². The average Bonchev–Trinajstić information content (AvgIpc) is 2.92.